The summed E-state index contributed by atoms with van der Waals surface area (Å²) in [6.07, 6.45) is -3.90. The molecule has 1 heterocycles. The summed E-state index contributed by atoms with van der Waals surface area (Å²) in [7, 11) is 0. The highest BCUT2D eigenvalue weighted by Gasteiger charge is 2.49. The summed E-state index contributed by atoms with van der Waals surface area (Å²) in [6, 6.07) is 14.2. The molecular formula is C24H26N2O8. The number of hydrogen-bond acceptors (Lipinski definition) is 8. The smallest absolute Gasteiger partial charge is 0.303 e. The van der Waals surface area contributed by atoms with Gasteiger partial charge in [0.1, 0.15) is 18.8 Å². The van der Waals surface area contributed by atoms with E-state index in [1.807, 2.05) is 0 Å². The Labute approximate surface area is 196 Å². The Morgan fingerprint density at radius 1 is 0.824 bits per heavy atom. The van der Waals surface area contributed by atoms with Crippen LogP contribution in [0.4, 0.5) is 0 Å². The van der Waals surface area contributed by atoms with Crippen LogP contribution in [0.2, 0.25) is 0 Å². The highest BCUT2D eigenvalue weighted by Crippen LogP contribution is 2.24. The Kier molecular flexibility index (Phi) is 8.34. The van der Waals surface area contributed by atoms with E-state index < -0.39 is 54.3 Å². The number of amides is 2. The van der Waals surface area contributed by atoms with Crippen molar-refractivity contribution in [2.45, 2.75) is 44.4 Å². The van der Waals surface area contributed by atoms with E-state index in [0.717, 1.165) is 0 Å². The highest BCUT2D eigenvalue weighted by atomic mass is 16.7. The molecule has 180 valence electrons. The van der Waals surface area contributed by atoms with E-state index in [1.54, 1.807) is 60.7 Å². The molecule has 0 aliphatic carbocycles. The minimum Gasteiger partial charge on any atom is -0.463 e. The van der Waals surface area contributed by atoms with Crippen molar-refractivity contribution in [3.63, 3.8) is 0 Å². The Balaban J connectivity index is 1.93. The van der Waals surface area contributed by atoms with Gasteiger partial charge in [-0.1, -0.05) is 36.4 Å². The molecule has 3 N–H and O–H groups in total. The molecule has 3 rings (SSSR count). The second-order valence-electron chi connectivity index (χ2n) is 7.67. The van der Waals surface area contributed by atoms with Crippen molar-refractivity contribution < 1.29 is 38.5 Å². The molecule has 0 saturated carbocycles. The van der Waals surface area contributed by atoms with Crippen LogP contribution in [0.3, 0.4) is 0 Å². The minimum atomic E-state index is -1.61. The summed E-state index contributed by atoms with van der Waals surface area (Å²) in [6.45, 7) is 2.01. The summed E-state index contributed by atoms with van der Waals surface area (Å²) >= 11 is 0. The standard InChI is InChI=1S/C24H26N2O8/c1-14(27)32-13-18-21(33-15(2)28)19(25-22(29)16-9-5-3-6-10-16)20(24(31)34-18)26-23(30)17-11-7-4-8-12-17/h3-12,18-21,24,31H,13H2,1-2H3,(H,25,29)(H,26,30)/t18-,19-,20-,21+,24-/m1/s1. The molecular weight excluding hydrogens is 444 g/mol. The van der Waals surface area contributed by atoms with E-state index in [4.69, 9.17) is 14.2 Å². The molecule has 0 spiro atoms. The number of ether oxygens (including phenoxy) is 3. The zero-order valence-corrected chi connectivity index (χ0v) is 18.7. The van der Waals surface area contributed by atoms with Gasteiger partial charge in [0.25, 0.3) is 11.8 Å². The third-order valence-corrected chi connectivity index (χ3v) is 5.15. The van der Waals surface area contributed by atoms with Crippen molar-refractivity contribution in [1.82, 2.24) is 10.6 Å². The van der Waals surface area contributed by atoms with Gasteiger partial charge >= 0.3 is 11.9 Å². The first-order chi connectivity index (χ1) is 16.3. The summed E-state index contributed by atoms with van der Waals surface area (Å²) in [4.78, 5) is 49.0. The largest absolute Gasteiger partial charge is 0.463 e. The van der Waals surface area contributed by atoms with Crippen LogP contribution in [0.1, 0.15) is 34.6 Å². The molecule has 2 aromatic rings. The Bertz CT molecular complexity index is 1010. The van der Waals surface area contributed by atoms with Crippen molar-refractivity contribution in [3.8, 4) is 0 Å². The van der Waals surface area contributed by atoms with Gasteiger partial charge in [-0.25, -0.2) is 0 Å². The maximum atomic E-state index is 13.0. The number of carbonyl (C=O) groups is 4. The first-order valence-corrected chi connectivity index (χ1v) is 10.6. The van der Waals surface area contributed by atoms with Gasteiger partial charge in [0, 0.05) is 25.0 Å². The average molecular weight is 470 g/mol. The predicted octanol–water partition coefficient (Wildman–Crippen LogP) is 0.796. The second kappa shape index (κ2) is 11.4. The molecule has 2 aromatic carbocycles. The molecule has 2 amide bonds. The number of aliphatic hydroxyl groups is 1. The van der Waals surface area contributed by atoms with Crippen LogP contribution in [-0.4, -0.2) is 66.0 Å². The monoisotopic (exact) mass is 470 g/mol. The molecule has 0 radical (unpaired) electrons. The number of nitrogens with one attached hydrogen (secondary N) is 2. The van der Waals surface area contributed by atoms with E-state index in [-0.39, 0.29) is 6.61 Å². The van der Waals surface area contributed by atoms with Gasteiger partial charge in [0.2, 0.25) is 0 Å². The first kappa shape index (κ1) is 24.9. The van der Waals surface area contributed by atoms with Gasteiger partial charge < -0.3 is 30.0 Å². The summed E-state index contributed by atoms with van der Waals surface area (Å²) in [5.41, 5.74) is 0.628. The zero-order valence-electron chi connectivity index (χ0n) is 18.7. The molecule has 10 nitrogen and oxygen atoms in total. The van der Waals surface area contributed by atoms with Crippen molar-refractivity contribution in [2.24, 2.45) is 0 Å². The molecule has 1 fully saturated rings. The molecule has 0 aromatic heterocycles. The number of carbonyl (C=O) groups excluding carboxylic acids is 4. The fourth-order valence-corrected chi connectivity index (χ4v) is 3.61. The molecule has 5 atom stereocenters. The third-order valence-electron chi connectivity index (χ3n) is 5.15. The predicted molar refractivity (Wildman–Crippen MR) is 118 cm³/mol. The van der Waals surface area contributed by atoms with E-state index in [1.165, 1.54) is 13.8 Å². The highest BCUT2D eigenvalue weighted by molar-refractivity contribution is 5.95. The molecule has 10 heteroatoms. The Morgan fingerprint density at radius 2 is 1.32 bits per heavy atom. The lowest BCUT2D eigenvalue weighted by Gasteiger charge is -2.44. The third kappa shape index (κ3) is 6.40. The van der Waals surface area contributed by atoms with Crippen LogP contribution in [0.25, 0.3) is 0 Å². The van der Waals surface area contributed by atoms with E-state index >= 15 is 0 Å². The Hall–Kier alpha value is -3.76. The summed E-state index contributed by atoms with van der Waals surface area (Å²) in [5.74, 6) is -2.36. The fraction of sp³-hybridized carbons (Fsp3) is 0.333. The summed E-state index contributed by atoms with van der Waals surface area (Å²) in [5, 5.41) is 16.1. The maximum absolute atomic E-state index is 13.0. The molecule has 1 aliphatic heterocycles. The van der Waals surface area contributed by atoms with Crippen LogP contribution in [-0.2, 0) is 23.8 Å². The molecule has 0 bridgehead atoms. The number of hydrogen-bond donors (Lipinski definition) is 3. The fourth-order valence-electron chi connectivity index (χ4n) is 3.61. The first-order valence-electron chi connectivity index (χ1n) is 10.6. The average Bonchev–Trinajstić information content (AvgIpc) is 2.82. The number of aliphatic hydroxyl groups excluding tert-OH is 1. The van der Waals surface area contributed by atoms with Crippen LogP contribution < -0.4 is 10.6 Å². The van der Waals surface area contributed by atoms with Gasteiger partial charge in [0.15, 0.2) is 12.4 Å². The lowest BCUT2D eigenvalue weighted by molar-refractivity contribution is -0.237. The SMILES string of the molecule is CC(=O)OC[C@H]1O[C@@H](O)[C@H](NC(=O)c2ccccc2)[C@@H](NC(=O)c2ccccc2)[C@H]1OC(C)=O. The lowest BCUT2D eigenvalue weighted by atomic mass is 9.93. The van der Waals surface area contributed by atoms with Crippen LogP contribution in [0.5, 0.6) is 0 Å². The molecule has 1 aliphatic rings. The zero-order chi connectivity index (χ0) is 24.7. The van der Waals surface area contributed by atoms with Crippen molar-refractivity contribution in [2.75, 3.05) is 6.61 Å². The number of rotatable bonds is 7. The molecule has 34 heavy (non-hydrogen) atoms. The van der Waals surface area contributed by atoms with E-state index in [9.17, 15) is 24.3 Å². The normalized spacial score (nSPS) is 23.9. The molecule has 0 unspecified atom stereocenters. The van der Waals surface area contributed by atoms with Crippen molar-refractivity contribution >= 4 is 23.8 Å². The maximum Gasteiger partial charge on any atom is 0.303 e. The lowest BCUT2D eigenvalue weighted by Crippen LogP contribution is -2.70. The van der Waals surface area contributed by atoms with Crippen LogP contribution >= 0.6 is 0 Å². The van der Waals surface area contributed by atoms with Crippen LogP contribution in [0.15, 0.2) is 60.7 Å². The molecule has 1 saturated heterocycles. The van der Waals surface area contributed by atoms with Gasteiger partial charge in [-0.2, -0.15) is 0 Å². The van der Waals surface area contributed by atoms with Crippen molar-refractivity contribution in [1.29, 1.82) is 0 Å². The van der Waals surface area contributed by atoms with Gasteiger partial charge in [-0.3, -0.25) is 19.2 Å². The van der Waals surface area contributed by atoms with Gasteiger partial charge in [0.05, 0.1) is 6.04 Å². The quantitative estimate of drug-likeness (QED) is 0.505. The minimum absolute atomic E-state index is 0.314. The van der Waals surface area contributed by atoms with E-state index in [2.05, 4.69) is 10.6 Å². The number of benzene rings is 2. The number of esters is 2. The van der Waals surface area contributed by atoms with E-state index in [0.29, 0.717) is 11.1 Å². The topological polar surface area (TPSA) is 140 Å². The Morgan fingerprint density at radius 3 is 1.79 bits per heavy atom. The van der Waals surface area contributed by atoms with Crippen LogP contribution in [0, 0.1) is 0 Å². The van der Waals surface area contributed by atoms with Gasteiger partial charge in [-0.15, -0.1) is 0 Å². The second-order valence-corrected chi connectivity index (χ2v) is 7.67. The van der Waals surface area contributed by atoms with Gasteiger partial charge in [-0.05, 0) is 24.3 Å². The summed E-state index contributed by atoms with van der Waals surface area (Å²) < 4.78 is 16.0. The van der Waals surface area contributed by atoms with Crippen molar-refractivity contribution in [3.05, 3.63) is 71.8 Å².